The van der Waals surface area contributed by atoms with Gasteiger partial charge in [0.15, 0.2) is 12.4 Å². The summed E-state index contributed by atoms with van der Waals surface area (Å²) in [6.45, 7) is 2.76. The van der Waals surface area contributed by atoms with E-state index in [4.69, 9.17) is 20.9 Å². The second-order valence-electron chi connectivity index (χ2n) is 5.37. The fraction of sp³-hybridized carbons (Fsp3) is 0.400. The normalized spacial score (nSPS) is 17.5. The molecule has 0 unspecified atom stereocenters. The number of aryl methyl sites for hydroxylation is 1. The van der Waals surface area contributed by atoms with Crippen molar-refractivity contribution in [2.75, 3.05) is 19.7 Å². The molecule has 1 aromatic heterocycles. The van der Waals surface area contributed by atoms with E-state index >= 15 is 0 Å². The summed E-state index contributed by atoms with van der Waals surface area (Å²) < 4.78 is 23.6. The van der Waals surface area contributed by atoms with Crippen LogP contribution in [0, 0.1) is 12.7 Å². The van der Waals surface area contributed by atoms with Gasteiger partial charge in [0.2, 0.25) is 5.89 Å². The first-order valence-electron chi connectivity index (χ1n) is 7.19. The SMILES string of the molecule is Cc1noc([C@H]2CCN(C(=O)COc3ccc(F)c(Cl)c3)C2)n1. The predicted octanol–water partition coefficient (Wildman–Crippen LogP) is 2.57. The number of rotatable bonds is 4. The van der Waals surface area contributed by atoms with Crippen LogP contribution in [0.25, 0.3) is 0 Å². The fourth-order valence-electron chi connectivity index (χ4n) is 2.47. The van der Waals surface area contributed by atoms with Gasteiger partial charge in [-0.25, -0.2) is 4.39 Å². The number of ether oxygens (including phenoxy) is 1. The van der Waals surface area contributed by atoms with Gasteiger partial charge in [-0.2, -0.15) is 4.98 Å². The zero-order chi connectivity index (χ0) is 16.4. The number of halogens is 2. The van der Waals surface area contributed by atoms with E-state index in [2.05, 4.69) is 10.1 Å². The molecule has 1 saturated heterocycles. The van der Waals surface area contributed by atoms with E-state index in [0.717, 1.165) is 6.42 Å². The van der Waals surface area contributed by atoms with Gasteiger partial charge in [0.25, 0.3) is 5.91 Å². The van der Waals surface area contributed by atoms with Crippen LogP contribution in [0.4, 0.5) is 4.39 Å². The van der Waals surface area contributed by atoms with Crippen molar-refractivity contribution in [1.29, 1.82) is 0 Å². The summed E-state index contributed by atoms with van der Waals surface area (Å²) in [6, 6.07) is 3.98. The Kier molecular flexibility index (Phi) is 4.47. The molecule has 0 radical (unpaired) electrons. The maximum Gasteiger partial charge on any atom is 0.260 e. The predicted molar refractivity (Wildman–Crippen MR) is 79.9 cm³/mol. The lowest BCUT2D eigenvalue weighted by Crippen LogP contribution is -2.32. The van der Waals surface area contributed by atoms with Gasteiger partial charge < -0.3 is 14.2 Å². The molecule has 0 spiro atoms. The number of hydrogen-bond acceptors (Lipinski definition) is 5. The molecule has 0 bridgehead atoms. The van der Waals surface area contributed by atoms with Crippen molar-refractivity contribution in [2.45, 2.75) is 19.3 Å². The summed E-state index contributed by atoms with van der Waals surface area (Å²) in [5.41, 5.74) is 0. The molecule has 6 nitrogen and oxygen atoms in total. The molecule has 0 aliphatic carbocycles. The van der Waals surface area contributed by atoms with Crippen molar-refractivity contribution in [3.63, 3.8) is 0 Å². The number of amides is 1. The molecule has 1 atom stereocenters. The third-order valence-corrected chi connectivity index (χ3v) is 3.98. The number of carbonyl (C=O) groups excluding carboxylic acids is 1. The topological polar surface area (TPSA) is 68.5 Å². The van der Waals surface area contributed by atoms with Crippen LogP contribution in [0.3, 0.4) is 0 Å². The molecular formula is C15H15ClFN3O3. The Hall–Kier alpha value is -2.15. The van der Waals surface area contributed by atoms with Crippen LogP contribution in [0.15, 0.2) is 22.7 Å². The minimum absolute atomic E-state index is 0.0389. The van der Waals surface area contributed by atoms with Crippen molar-refractivity contribution in [1.82, 2.24) is 15.0 Å². The summed E-state index contributed by atoms with van der Waals surface area (Å²) in [5, 5.41) is 3.73. The molecule has 0 N–H and O–H groups in total. The minimum atomic E-state index is -0.525. The van der Waals surface area contributed by atoms with Gasteiger partial charge in [0.1, 0.15) is 11.6 Å². The van der Waals surface area contributed by atoms with Gasteiger partial charge in [-0.05, 0) is 25.5 Å². The highest BCUT2D eigenvalue weighted by Crippen LogP contribution is 2.26. The third-order valence-electron chi connectivity index (χ3n) is 3.69. The molecule has 2 aromatic rings. The summed E-state index contributed by atoms with van der Waals surface area (Å²) in [5.74, 6) is 0.880. The zero-order valence-corrected chi connectivity index (χ0v) is 13.2. The van der Waals surface area contributed by atoms with Gasteiger partial charge in [-0.1, -0.05) is 16.8 Å². The van der Waals surface area contributed by atoms with Gasteiger partial charge >= 0.3 is 0 Å². The zero-order valence-electron chi connectivity index (χ0n) is 12.5. The van der Waals surface area contributed by atoms with E-state index in [0.29, 0.717) is 30.6 Å². The van der Waals surface area contributed by atoms with E-state index in [1.807, 2.05) is 0 Å². The number of aromatic nitrogens is 2. The molecule has 3 rings (SSSR count). The van der Waals surface area contributed by atoms with Crippen LogP contribution in [0.2, 0.25) is 5.02 Å². The Morgan fingerprint density at radius 2 is 2.39 bits per heavy atom. The minimum Gasteiger partial charge on any atom is -0.484 e. The van der Waals surface area contributed by atoms with Crippen LogP contribution in [-0.2, 0) is 4.79 Å². The number of benzene rings is 1. The summed E-state index contributed by atoms with van der Waals surface area (Å²) >= 11 is 5.67. The monoisotopic (exact) mass is 339 g/mol. The molecule has 2 heterocycles. The smallest absolute Gasteiger partial charge is 0.260 e. The highest BCUT2D eigenvalue weighted by molar-refractivity contribution is 6.30. The maximum atomic E-state index is 13.1. The lowest BCUT2D eigenvalue weighted by molar-refractivity contribution is -0.132. The first-order chi connectivity index (χ1) is 11.0. The van der Waals surface area contributed by atoms with Crippen LogP contribution < -0.4 is 4.74 Å². The molecule has 1 fully saturated rings. The quantitative estimate of drug-likeness (QED) is 0.856. The Morgan fingerprint density at radius 1 is 1.57 bits per heavy atom. The maximum absolute atomic E-state index is 13.1. The second-order valence-corrected chi connectivity index (χ2v) is 5.78. The molecule has 23 heavy (non-hydrogen) atoms. The van der Waals surface area contributed by atoms with Crippen molar-refractivity contribution in [3.8, 4) is 5.75 Å². The number of carbonyl (C=O) groups is 1. The molecule has 1 aliphatic rings. The first-order valence-corrected chi connectivity index (χ1v) is 7.56. The van der Waals surface area contributed by atoms with Crippen LogP contribution in [0.1, 0.15) is 24.1 Å². The van der Waals surface area contributed by atoms with Crippen LogP contribution in [0.5, 0.6) is 5.75 Å². The lowest BCUT2D eigenvalue weighted by atomic mass is 10.1. The summed E-state index contributed by atoms with van der Waals surface area (Å²) in [7, 11) is 0. The van der Waals surface area contributed by atoms with Crippen LogP contribution in [-0.4, -0.2) is 40.6 Å². The first kappa shape index (κ1) is 15.7. The highest BCUT2D eigenvalue weighted by Gasteiger charge is 2.30. The molecule has 1 amide bonds. The van der Waals surface area contributed by atoms with Crippen molar-refractivity contribution in [3.05, 3.63) is 40.8 Å². The molecule has 1 aliphatic heterocycles. The molecule has 0 saturated carbocycles. The number of nitrogens with zero attached hydrogens (tertiary/aromatic N) is 3. The Bertz CT molecular complexity index is 722. The lowest BCUT2D eigenvalue weighted by Gasteiger charge is -2.16. The molecule has 122 valence electrons. The number of likely N-dealkylation sites (tertiary alicyclic amines) is 1. The van der Waals surface area contributed by atoms with Gasteiger partial charge in [0.05, 0.1) is 10.9 Å². The number of hydrogen-bond donors (Lipinski definition) is 0. The van der Waals surface area contributed by atoms with Crippen LogP contribution >= 0.6 is 11.6 Å². The molecular weight excluding hydrogens is 325 g/mol. The largest absolute Gasteiger partial charge is 0.484 e. The van der Waals surface area contributed by atoms with Crippen molar-refractivity contribution < 1.29 is 18.4 Å². The average molecular weight is 340 g/mol. The van der Waals surface area contributed by atoms with E-state index in [9.17, 15) is 9.18 Å². The van der Waals surface area contributed by atoms with E-state index in [-0.39, 0.29) is 23.5 Å². The standard InChI is InChI=1S/C15H15ClFN3O3/c1-9-18-15(23-19-9)10-4-5-20(7-10)14(21)8-22-11-2-3-13(17)12(16)6-11/h2-3,6,10H,4-5,7-8H2,1H3/t10-/m0/s1. The highest BCUT2D eigenvalue weighted by atomic mass is 35.5. The van der Waals surface area contributed by atoms with E-state index in [1.165, 1.54) is 18.2 Å². The van der Waals surface area contributed by atoms with Gasteiger partial charge in [-0.15, -0.1) is 0 Å². The Morgan fingerprint density at radius 3 is 3.09 bits per heavy atom. The second kappa shape index (κ2) is 6.54. The van der Waals surface area contributed by atoms with Gasteiger partial charge in [0, 0.05) is 19.2 Å². The third kappa shape index (κ3) is 3.61. The van der Waals surface area contributed by atoms with Gasteiger partial charge in [-0.3, -0.25) is 4.79 Å². The Labute approximate surface area is 137 Å². The van der Waals surface area contributed by atoms with Crippen molar-refractivity contribution >= 4 is 17.5 Å². The van der Waals surface area contributed by atoms with E-state index in [1.54, 1.807) is 11.8 Å². The summed E-state index contributed by atoms with van der Waals surface area (Å²) in [6.07, 6.45) is 0.774. The average Bonchev–Trinajstić information content (AvgIpc) is 3.17. The van der Waals surface area contributed by atoms with E-state index < -0.39 is 5.82 Å². The fourth-order valence-corrected chi connectivity index (χ4v) is 2.64. The molecule has 8 heteroatoms. The summed E-state index contributed by atoms with van der Waals surface area (Å²) in [4.78, 5) is 18.1. The van der Waals surface area contributed by atoms with Crippen molar-refractivity contribution in [2.24, 2.45) is 0 Å². The Balaban J connectivity index is 1.54. The molecule has 1 aromatic carbocycles.